The Labute approximate surface area is 145 Å². The highest BCUT2D eigenvalue weighted by atomic mass is 32.1. The van der Waals surface area contributed by atoms with Crippen LogP contribution in [-0.4, -0.2) is 35.7 Å². The van der Waals surface area contributed by atoms with E-state index in [1.807, 2.05) is 23.7 Å². The van der Waals surface area contributed by atoms with E-state index in [-0.39, 0.29) is 12.7 Å². The Kier molecular flexibility index (Phi) is 6.01. The fourth-order valence-electron chi connectivity index (χ4n) is 2.87. The average molecular weight is 346 g/mol. The molecule has 0 bridgehead atoms. The quantitative estimate of drug-likeness (QED) is 0.871. The highest BCUT2D eigenvalue weighted by molar-refractivity contribution is 7.07. The normalized spacial score (nSPS) is 15.2. The van der Waals surface area contributed by atoms with Crippen LogP contribution in [0, 0.1) is 5.92 Å². The summed E-state index contributed by atoms with van der Waals surface area (Å²) in [5.74, 6) is 1.70. The maximum atomic E-state index is 11.6. The number of amides is 1. The van der Waals surface area contributed by atoms with Crippen molar-refractivity contribution >= 4 is 23.2 Å². The molecule has 0 atom stereocenters. The van der Waals surface area contributed by atoms with Crippen molar-refractivity contribution in [3.8, 4) is 0 Å². The molecule has 1 aliphatic rings. The number of rotatable bonds is 6. The van der Waals surface area contributed by atoms with Gasteiger partial charge < -0.3 is 15.0 Å². The van der Waals surface area contributed by atoms with E-state index in [1.54, 1.807) is 5.51 Å². The molecule has 0 aromatic carbocycles. The Morgan fingerprint density at radius 1 is 1.33 bits per heavy atom. The highest BCUT2D eigenvalue weighted by Crippen LogP contribution is 2.23. The molecule has 0 radical (unpaired) electrons. The molecule has 24 heavy (non-hydrogen) atoms. The molecule has 2 aromatic rings. The molecular formula is C17H22N4O2S. The van der Waals surface area contributed by atoms with Gasteiger partial charge in [0, 0.05) is 31.2 Å². The van der Waals surface area contributed by atoms with E-state index in [9.17, 15) is 4.79 Å². The minimum Gasteiger partial charge on any atom is -0.443 e. The van der Waals surface area contributed by atoms with Gasteiger partial charge in [-0.15, -0.1) is 11.3 Å². The third kappa shape index (κ3) is 4.92. The van der Waals surface area contributed by atoms with Crippen LogP contribution in [-0.2, 0) is 11.3 Å². The smallest absolute Gasteiger partial charge is 0.407 e. The van der Waals surface area contributed by atoms with Gasteiger partial charge in [0.25, 0.3) is 0 Å². The van der Waals surface area contributed by atoms with Gasteiger partial charge in [-0.2, -0.15) is 0 Å². The lowest BCUT2D eigenvalue weighted by Crippen LogP contribution is -2.35. The summed E-state index contributed by atoms with van der Waals surface area (Å²) in [6.45, 7) is 2.94. The predicted molar refractivity (Wildman–Crippen MR) is 94.1 cm³/mol. The Hall–Kier alpha value is -2.15. The zero-order valence-corrected chi connectivity index (χ0v) is 14.4. The fraction of sp³-hybridized carbons (Fsp3) is 0.471. The number of ether oxygens (including phenoxy) is 1. The molecule has 0 saturated carbocycles. The van der Waals surface area contributed by atoms with Crippen molar-refractivity contribution in [3.63, 3.8) is 0 Å². The molecule has 3 rings (SSSR count). The van der Waals surface area contributed by atoms with Gasteiger partial charge in [0.1, 0.15) is 12.4 Å². The molecule has 7 heteroatoms. The number of carbonyl (C=O) groups excluding carboxylic acids is 1. The molecule has 3 heterocycles. The van der Waals surface area contributed by atoms with Crippen molar-refractivity contribution in [3.05, 3.63) is 41.0 Å². The molecular weight excluding hydrogens is 324 g/mol. The molecule has 0 unspecified atom stereocenters. The van der Waals surface area contributed by atoms with Crippen LogP contribution in [0.1, 0.15) is 25.0 Å². The van der Waals surface area contributed by atoms with E-state index in [2.05, 4.69) is 26.3 Å². The first-order chi connectivity index (χ1) is 11.8. The Morgan fingerprint density at radius 3 is 2.92 bits per heavy atom. The summed E-state index contributed by atoms with van der Waals surface area (Å²) in [6.07, 6.45) is 4.72. The minimum absolute atomic E-state index is 0.234. The predicted octanol–water partition coefficient (Wildman–Crippen LogP) is 3.07. The van der Waals surface area contributed by atoms with Crippen LogP contribution in [0.5, 0.6) is 0 Å². The van der Waals surface area contributed by atoms with E-state index >= 15 is 0 Å². The number of piperidine rings is 1. The van der Waals surface area contributed by atoms with Gasteiger partial charge in [-0.25, -0.2) is 14.8 Å². The first kappa shape index (κ1) is 16.7. The summed E-state index contributed by atoms with van der Waals surface area (Å²) in [6, 6.07) is 6.02. The first-order valence-electron chi connectivity index (χ1n) is 8.25. The molecule has 0 aliphatic carbocycles. The summed E-state index contributed by atoms with van der Waals surface area (Å²) in [5.41, 5.74) is 2.52. The standard InChI is InChI=1S/C17H22N4O2S/c22-17(23-11-15-12-24-13-20-15)19-8-4-14-5-9-21(10-6-14)16-3-1-2-7-18-16/h1-3,7,12-14H,4-6,8-11H2,(H,19,22). The van der Waals surface area contributed by atoms with Gasteiger partial charge in [-0.05, 0) is 37.3 Å². The molecule has 1 N–H and O–H groups in total. The lowest BCUT2D eigenvalue weighted by atomic mass is 9.93. The number of hydrogen-bond donors (Lipinski definition) is 1. The zero-order valence-electron chi connectivity index (χ0n) is 13.6. The van der Waals surface area contributed by atoms with Crippen LogP contribution in [0.3, 0.4) is 0 Å². The topological polar surface area (TPSA) is 67.4 Å². The first-order valence-corrected chi connectivity index (χ1v) is 9.19. The van der Waals surface area contributed by atoms with Crippen molar-refractivity contribution in [1.29, 1.82) is 0 Å². The molecule has 1 saturated heterocycles. The maximum Gasteiger partial charge on any atom is 0.407 e. The van der Waals surface area contributed by atoms with Crippen LogP contribution in [0.15, 0.2) is 35.3 Å². The number of anilines is 1. The van der Waals surface area contributed by atoms with Crippen molar-refractivity contribution in [1.82, 2.24) is 15.3 Å². The largest absolute Gasteiger partial charge is 0.443 e. The number of pyridine rings is 1. The lowest BCUT2D eigenvalue weighted by Gasteiger charge is -2.32. The maximum absolute atomic E-state index is 11.6. The SMILES string of the molecule is O=C(NCCC1CCN(c2ccccn2)CC1)OCc1cscn1. The molecule has 128 valence electrons. The number of thiazole rings is 1. The molecule has 1 fully saturated rings. The van der Waals surface area contributed by atoms with E-state index in [0.717, 1.165) is 43.9 Å². The van der Waals surface area contributed by atoms with E-state index in [4.69, 9.17) is 4.74 Å². The monoisotopic (exact) mass is 346 g/mol. The highest BCUT2D eigenvalue weighted by Gasteiger charge is 2.19. The molecule has 1 aliphatic heterocycles. The number of carbonyl (C=O) groups is 1. The lowest BCUT2D eigenvalue weighted by molar-refractivity contribution is 0.137. The summed E-state index contributed by atoms with van der Waals surface area (Å²) in [7, 11) is 0. The number of aromatic nitrogens is 2. The summed E-state index contributed by atoms with van der Waals surface area (Å²) in [5, 5.41) is 4.70. The van der Waals surface area contributed by atoms with Crippen LogP contribution in [0.4, 0.5) is 10.6 Å². The van der Waals surface area contributed by atoms with Crippen molar-refractivity contribution < 1.29 is 9.53 Å². The Morgan fingerprint density at radius 2 is 2.21 bits per heavy atom. The van der Waals surface area contributed by atoms with Crippen molar-refractivity contribution in [2.75, 3.05) is 24.5 Å². The van der Waals surface area contributed by atoms with E-state index in [1.165, 1.54) is 11.3 Å². The summed E-state index contributed by atoms with van der Waals surface area (Å²) < 4.78 is 5.13. The Balaban J connectivity index is 1.30. The second kappa shape index (κ2) is 8.63. The van der Waals surface area contributed by atoms with Crippen molar-refractivity contribution in [2.24, 2.45) is 5.92 Å². The van der Waals surface area contributed by atoms with Crippen molar-refractivity contribution in [2.45, 2.75) is 25.9 Å². The minimum atomic E-state index is -0.367. The number of nitrogens with zero attached hydrogens (tertiary/aromatic N) is 3. The number of alkyl carbamates (subject to hydrolysis) is 1. The van der Waals surface area contributed by atoms with Crippen LogP contribution >= 0.6 is 11.3 Å². The van der Waals surface area contributed by atoms with Crippen LogP contribution < -0.4 is 10.2 Å². The molecule has 6 nitrogen and oxygen atoms in total. The third-order valence-electron chi connectivity index (χ3n) is 4.24. The zero-order chi connectivity index (χ0) is 16.6. The summed E-state index contributed by atoms with van der Waals surface area (Å²) in [4.78, 5) is 22.4. The van der Waals surface area contributed by atoms with Gasteiger partial charge in [0.2, 0.25) is 0 Å². The number of nitrogens with one attached hydrogen (secondary N) is 1. The Bertz CT molecular complexity index is 613. The second-order valence-electron chi connectivity index (χ2n) is 5.89. The third-order valence-corrected chi connectivity index (χ3v) is 4.88. The molecule has 2 aromatic heterocycles. The van der Waals surface area contributed by atoms with Gasteiger partial charge in [-0.1, -0.05) is 6.07 Å². The summed E-state index contributed by atoms with van der Waals surface area (Å²) >= 11 is 1.50. The average Bonchev–Trinajstić information content (AvgIpc) is 3.15. The molecule has 1 amide bonds. The number of hydrogen-bond acceptors (Lipinski definition) is 6. The van der Waals surface area contributed by atoms with Gasteiger partial charge in [0.15, 0.2) is 0 Å². The fourth-order valence-corrected chi connectivity index (χ4v) is 3.41. The van der Waals surface area contributed by atoms with E-state index in [0.29, 0.717) is 12.5 Å². The van der Waals surface area contributed by atoms with E-state index < -0.39 is 0 Å². The van der Waals surface area contributed by atoms with Crippen LogP contribution in [0.25, 0.3) is 0 Å². The van der Waals surface area contributed by atoms with Crippen LogP contribution in [0.2, 0.25) is 0 Å². The second-order valence-corrected chi connectivity index (χ2v) is 6.61. The van der Waals surface area contributed by atoms with Gasteiger partial charge in [0.05, 0.1) is 11.2 Å². The van der Waals surface area contributed by atoms with Gasteiger partial charge >= 0.3 is 6.09 Å². The van der Waals surface area contributed by atoms with Gasteiger partial charge in [-0.3, -0.25) is 0 Å². The molecule has 0 spiro atoms.